The van der Waals surface area contributed by atoms with Crippen LogP contribution in [0.25, 0.3) is 0 Å². The van der Waals surface area contributed by atoms with Gasteiger partial charge >= 0.3 is 0 Å². The zero-order chi connectivity index (χ0) is 9.97. The van der Waals surface area contributed by atoms with E-state index in [0.29, 0.717) is 5.92 Å². The summed E-state index contributed by atoms with van der Waals surface area (Å²) in [6.45, 7) is 4.30. The predicted octanol–water partition coefficient (Wildman–Crippen LogP) is 1.73. The van der Waals surface area contributed by atoms with Gasteiger partial charge in [0.2, 0.25) is 0 Å². The van der Waals surface area contributed by atoms with Crippen LogP contribution in [0.15, 0.2) is 18.5 Å². The van der Waals surface area contributed by atoms with Gasteiger partial charge in [0, 0.05) is 37.0 Å². The Morgan fingerprint density at radius 3 is 3.14 bits per heavy atom. The molecule has 3 heteroatoms. The minimum absolute atomic E-state index is 0.131. The summed E-state index contributed by atoms with van der Waals surface area (Å²) in [5, 5.41) is 0. The molecular formula is C11H15NO2. The molecule has 2 heterocycles. The largest absolute Gasteiger partial charge is 0.381 e. The molecule has 0 bridgehead atoms. The van der Waals surface area contributed by atoms with Crippen molar-refractivity contribution >= 4 is 5.78 Å². The lowest BCUT2D eigenvalue weighted by atomic mass is 10.1. The van der Waals surface area contributed by atoms with E-state index in [1.165, 1.54) is 0 Å². The molecule has 0 saturated carbocycles. The van der Waals surface area contributed by atoms with E-state index in [4.69, 9.17) is 4.74 Å². The number of ketones is 1. The summed E-state index contributed by atoms with van der Waals surface area (Å²) in [6.07, 6.45) is 5.02. The van der Waals surface area contributed by atoms with Crippen molar-refractivity contribution in [1.82, 2.24) is 4.57 Å². The molecule has 0 amide bonds. The highest BCUT2D eigenvalue weighted by Crippen LogP contribution is 2.15. The van der Waals surface area contributed by atoms with E-state index >= 15 is 0 Å². The van der Waals surface area contributed by atoms with Crippen LogP contribution in [0.3, 0.4) is 0 Å². The zero-order valence-corrected chi connectivity index (χ0v) is 8.40. The summed E-state index contributed by atoms with van der Waals surface area (Å²) in [6, 6.07) is 1.87. The van der Waals surface area contributed by atoms with Gasteiger partial charge in [0.25, 0.3) is 0 Å². The topological polar surface area (TPSA) is 31.2 Å². The van der Waals surface area contributed by atoms with E-state index < -0.39 is 0 Å². The number of hydrogen-bond donors (Lipinski definition) is 0. The number of aromatic nitrogens is 1. The van der Waals surface area contributed by atoms with E-state index in [1.54, 1.807) is 6.92 Å². The van der Waals surface area contributed by atoms with Crippen LogP contribution in [0.1, 0.15) is 23.7 Å². The Hall–Kier alpha value is -1.09. The molecule has 76 valence electrons. The standard InChI is InChI=1S/C11H15NO2/c1-9(13)11-2-4-12(7-11)6-10-3-5-14-8-10/h2,4,7,10H,3,5-6,8H2,1H3. The molecule has 1 fully saturated rings. The van der Waals surface area contributed by atoms with Crippen LogP contribution in [0, 0.1) is 5.92 Å². The lowest BCUT2D eigenvalue weighted by Crippen LogP contribution is -2.08. The zero-order valence-electron chi connectivity index (χ0n) is 8.40. The smallest absolute Gasteiger partial charge is 0.161 e. The number of ether oxygens (including phenoxy) is 1. The van der Waals surface area contributed by atoms with Crippen molar-refractivity contribution in [3.8, 4) is 0 Å². The van der Waals surface area contributed by atoms with Gasteiger partial charge in [-0.25, -0.2) is 0 Å². The van der Waals surface area contributed by atoms with Gasteiger partial charge in [0.1, 0.15) is 0 Å². The monoisotopic (exact) mass is 193 g/mol. The maximum absolute atomic E-state index is 11.1. The molecule has 1 atom stereocenters. The minimum atomic E-state index is 0.131. The van der Waals surface area contributed by atoms with E-state index in [2.05, 4.69) is 4.57 Å². The minimum Gasteiger partial charge on any atom is -0.381 e. The van der Waals surface area contributed by atoms with Gasteiger partial charge in [-0.2, -0.15) is 0 Å². The average Bonchev–Trinajstić information content (AvgIpc) is 2.75. The molecule has 0 spiro atoms. The highest BCUT2D eigenvalue weighted by molar-refractivity contribution is 5.93. The van der Waals surface area contributed by atoms with Gasteiger partial charge in [-0.3, -0.25) is 4.79 Å². The molecule has 1 unspecified atom stereocenters. The molecule has 3 nitrogen and oxygen atoms in total. The number of hydrogen-bond acceptors (Lipinski definition) is 2. The van der Waals surface area contributed by atoms with Gasteiger partial charge in [-0.05, 0) is 19.4 Å². The summed E-state index contributed by atoms with van der Waals surface area (Å²) >= 11 is 0. The summed E-state index contributed by atoms with van der Waals surface area (Å²) < 4.78 is 7.38. The van der Waals surface area contributed by atoms with Gasteiger partial charge in [-0.1, -0.05) is 0 Å². The Kier molecular flexibility index (Phi) is 2.68. The van der Waals surface area contributed by atoms with Crippen LogP contribution >= 0.6 is 0 Å². The molecule has 1 aliphatic rings. The molecular weight excluding hydrogens is 178 g/mol. The van der Waals surface area contributed by atoms with E-state index in [9.17, 15) is 4.79 Å². The van der Waals surface area contributed by atoms with Gasteiger partial charge in [0.15, 0.2) is 5.78 Å². The maximum atomic E-state index is 11.1. The lowest BCUT2D eigenvalue weighted by molar-refractivity contribution is 0.101. The van der Waals surface area contributed by atoms with Crippen molar-refractivity contribution in [2.24, 2.45) is 5.92 Å². The quantitative estimate of drug-likeness (QED) is 0.684. The molecule has 0 aliphatic carbocycles. The fourth-order valence-electron chi connectivity index (χ4n) is 1.79. The Morgan fingerprint density at radius 2 is 2.57 bits per heavy atom. The molecule has 1 aromatic rings. The molecule has 0 aromatic carbocycles. The first-order valence-electron chi connectivity index (χ1n) is 5.00. The molecule has 0 radical (unpaired) electrons. The first-order valence-corrected chi connectivity index (χ1v) is 5.00. The van der Waals surface area contributed by atoms with Crippen LogP contribution in [0.2, 0.25) is 0 Å². The summed E-state index contributed by atoms with van der Waals surface area (Å²) in [7, 11) is 0. The predicted molar refractivity (Wildman–Crippen MR) is 53.4 cm³/mol. The Bertz CT molecular complexity index is 324. The summed E-state index contributed by atoms with van der Waals surface area (Å²) in [5.74, 6) is 0.744. The fraction of sp³-hybridized carbons (Fsp3) is 0.545. The SMILES string of the molecule is CC(=O)c1ccn(CC2CCOC2)c1. The Balaban J connectivity index is 1.98. The summed E-state index contributed by atoms with van der Waals surface area (Å²) in [5.41, 5.74) is 0.795. The third kappa shape index (κ3) is 2.04. The third-order valence-corrected chi connectivity index (χ3v) is 2.65. The van der Waals surface area contributed by atoms with Crippen LogP contribution in [-0.4, -0.2) is 23.6 Å². The fourth-order valence-corrected chi connectivity index (χ4v) is 1.79. The van der Waals surface area contributed by atoms with Crippen molar-refractivity contribution in [3.05, 3.63) is 24.0 Å². The lowest BCUT2D eigenvalue weighted by Gasteiger charge is -2.07. The van der Waals surface area contributed by atoms with Crippen molar-refractivity contribution < 1.29 is 9.53 Å². The number of carbonyl (C=O) groups excluding carboxylic acids is 1. The van der Waals surface area contributed by atoms with Crippen molar-refractivity contribution in [2.45, 2.75) is 19.9 Å². The van der Waals surface area contributed by atoms with Crippen LogP contribution in [0.5, 0.6) is 0 Å². The van der Waals surface area contributed by atoms with Gasteiger partial charge in [-0.15, -0.1) is 0 Å². The first-order chi connectivity index (χ1) is 6.75. The second kappa shape index (κ2) is 3.96. The molecule has 14 heavy (non-hydrogen) atoms. The van der Waals surface area contributed by atoms with Gasteiger partial charge < -0.3 is 9.30 Å². The highest BCUT2D eigenvalue weighted by atomic mass is 16.5. The second-order valence-electron chi connectivity index (χ2n) is 3.88. The highest BCUT2D eigenvalue weighted by Gasteiger charge is 2.16. The van der Waals surface area contributed by atoms with E-state index in [-0.39, 0.29) is 5.78 Å². The number of carbonyl (C=O) groups is 1. The third-order valence-electron chi connectivity index (χ3n) is 2.65. The first kappa shape index (κ1) is 9.46. The van der Waals surface area contributed by atoms with Crippen molar-refractivity contribution in [1.29, 1.82) is 0 Å². The van der Waals surface area contributed by atoms with E-state index in [0.717, 1.165) is 31.7 Å². The van der Waals surface area contributed by atoms with E-state index in [1.807, 2.05) is 18.5 Å². The molecule has 1 aliphatic heterocycles. The molecule has 2 rings (SSSR count). The maximum Gasteiger partial charge on any atom is 0.161 e. The molecule has 1 aromatic heterocycles. The Morgan fingerprint density at radius 1 is 1.71 bits per heavy atom. The number of nitrogens with zero attached hydrogens (tertiary/aromatic N) is 1. The van der Waals surface area contributed by atoms with Gasteiger partial charge in [0.05, 0.1) is 6.61 Å². The molecule has 1 saturated heterocycles. The van der Waals surface area contributed by atoms with Crippen molar-refractivity contribution in [3.63, 3.8) is 0 Å². The second-order valence-corrected chi connectivity index (χ2v) is 3.88. The summed E-state index contributed by atoms with van der Waals surface area (Å²) in [4.78, 5) is 11.1. The van der Waals surface area contributed by atoms with Crippen molar-refractivity contribution in [2.75, 3.05) is 13.2 Å². The van der Waals surface area contributed by atoms with Crippen LogP contribution < -0.4 is 0 Å². The van der Waals surface area contributed by atoms with Crippen LogP contribution in [0.4, 0.5) is 0 Å². The number of rotatable bonds is 3. The normalized spacial score (nSPS) is 21.4. The average molecular weight is 193 g/mol. The van der Waals surface area contributed by atoms with Crippen LogP contribution in [-0.2, 0) is 11.3 Å². The number of Topliss-reactive ketones (excluding diaryl/α,β-unsaturated/α-hetero) is 1. The molecule has 0 N–H and O–H groups in total. The Labute approximate surface area is 83.7 Å².